The molecule has 11 aromatic rings. The van der Waals surface area contributed by atoms with Gasteiger partial charge in [0.05, 0.1) is 22.1 Å². The summed E-state index contributed by atoms with van der Waals surface area (Å²) in [5.74, 6) is 0. The van der Waals surface area contributed by atoms with Crippen molar-refractivity contribution in [3.8, 4) is 11.4 Å². The molecule has 0 saturated heterocycles. The Morgan fingerprint density at radius 1 is 0.250 bits per heavy atom. The van der Waals surface area contributed by atoms with Crippen molar-refractivity contribution in [2.75, 3.05) is 0 Å². The largest absolute Gasteiger partial charge is 0.344 e. The van der Waals surface area contributed by atoms with Gasteiger partial charge in [0.1, 0.15) is 0 Å². The third kappa shape index (κ3) is 5.94. The molecule has 4 aromatic heterocycles. The second kappa shape index (κ2) is 13.2. The van der Waals surface area contributed by atoms with Crippen LogP contribution >= 0.6 is 0 Å². The molecule has 0 N–H and O–H groups in total. The van der Waals surface area contributed by atoms with Gasteiger partial charge in [0.25, 0.3) is 0 Å². The number of nitrogens with zero attached hydrogens (tertiary/aromatic N) is 4. The third-order valence-electron chi connectivity index (χ3n) is 14.6. The van der Waals surface area contributed by atoms with Crippen molar-refractivity contribution in [2.24, 2.45) is 14.1 Å². The lowest BCUT2D eigenvalue weighted by atomic mass is 9.85. The second-order valence-electron chi connectivity index (χ2n) is 23.0. The van der Waals surface area contributed by atoms with Gasteiger partial charge in [-0.25, -0.2) is 0 Å². The number of aryl methyl sites for hydroxylation is 2. The van der Waals surface area contributed by atoms with Crippen molar-refractivity contribution in [2.45, 2.75) is 105 Å². The minimum atomic E-state index is 0.0543. The molecule has 322 valence electrons. The predicted octanol–water partition coefficient (Wildman–Crippen LogP) is 16.4. The van der Waals surface area contributed by atoms with Crippen molar-refractivity contribution in [3.63, 3.8) is 0 Å². The molecule has 0 aliphatic carbocycles. The lowest BCUT2D eigenvalue weighted by Gasteiger charge is -2.19. The predicted molar refractivity (Wildman–Crippen MR) is 278 cm³/mol. The highest BCUT2D eigenvalue weighted by Gasteiger charge is 2.24. The fourth-order valence-corrected chi connectivity index (χ4v) is 10.6. The minimum absolute atomic E-state index is 0.0543. The highest BCUT2D eigenvalue weighted by molar-refractivity contribution is 6.19. The summed E-state index contributed by atoms with van der Waals surface area (Å²) >= 11 is 0. The van der Waals surface area contributed by atoms with Gasteiger partial charge in [-0.3, -0.25) is 0 Å². The Morgan fingerprint density at radius 2 is 0.484 bits per heavy atom. The average Bonchev–Trinajstić information content (AvgIpc) is 3.92. The van der Waals surface area contributed by atoms with Crippen molar-refractivity contribution in [1.82, 2.24) is 18.3 Å². The molecular formula is C60H62N4. The van der Waals surface area contributed by atoms with Crippen molar-refractivity contribution in [3.05, 3.63) is 144 Å². The zero-order valence-corrected chi connectivity index (χ0v) is 40.3. The van der Waals surface area contributed by atoms with Crippen LogP contribution in [0.5, 0.6) is 0 Å². The first kappa shape index (κ1) is 40.5. The molecule has 0 spiro atoms. The average molecular weight is 839 g/mol. The normalized spacial score (nSPS) is 13.5. The summed E-state index contributed by atoms with van der Waals surface area (Å²) in [6.45, 7) is 27.7. The van der Waals surface area contributed by atoms with Gasteiger partial charge >= 0.3 is 0 Å². The molecule has 11 rings (SSSR count). The van der Waals surface area contributed by atoms with Gasteiger partial charge < -0.3 is 18.3 Å². The number of rotatable bonds is 2. The standard InChI is InChI=1S/C60H62N4/c1-57(2,3)35-15-21-51-41(27-35)42-28-36(58(4,5)6)16-22-52(42)63(51)39-19-25-49-45(31-39)47-33-56-48(34-55(47)61(49)13)46-32-40(20-26-50(46)62(56)14)64-53-23-17-37(59(7,8)9)29-43(53)44-30-38(60(10,11)12)18-24-54(44)64/h15-34H,1-14H3. The summed E-state index contributed by atoms with van der Waals surface area (Å²) in [6, 6.07) is 47.5. The molecule has 0 radical (unpaired) electrons. The molecule has 0 saturated carbocycles. The van der Waals surface area contributed by atoms with Crippen LogP contribution in [0.4, 0.5) is 0 Å². The summed E-state index contributed by atoms with van der Waals surface area (Å²) < 4.78 is 9.75. The van der Waals surface area contributed by atoms with E-state index in [0.29, 0.717) is 0 Å². The smallest absolute Gasteiger partial charge is 0.0541 e. The molecule has 0 aliphatic heterocycles. The van der Waals surface area contributed by atoms with E-state index < -0.39 is 0 Å². The lowest BCUT2D eigenvalue weighted by Crippen LogP contribution is -2.10. The van der Waals surface area contributed by atoms with Crippen LogP contribution in [0.25, 0.3) is 98.6 Å². The molecule has 0 aliphatic rings. The number of hydrogen-bond donors (Lipinski definition) is 0. The van der Waals surface area contributed by atoms with Gasteiger partial charge in [0, 0.05) is 90.6 Å². The van der Waals surface area contributed by atoms with Gasteiger partial charge in [-0.05, 0) is 141 Å². The van der Waals surface area contributed by atoms with E-state index in [1.807, 2.05) is 0 Å². The molecular weight excluding hydrogens is 777 g/mol. The van der Waals surface area contributed by atoms with Crippen molar-refractivity contribution < 1.29 is 0 Å². The third-order valence-corrected chi connectivity index (χ3v) is 14.6. The molecule has 0 atom stereocenters. The molecule has 0 unspecified atom stereocenters. The number of aromatic nitrogens is 4. The Hall–Kier alpha value is -6.26. The summed E-state index contributed by atoms with van der Waals surface area (Å²) in [4.78, 5) is 0. The van der Waals surface area contributed by atoms with Crippen LogP contribution in [0, 0.1) is 0 Å². The summed E-state index contributed by atoms with van der Waals surface area (Å²) in [7, 11) is 4.45. The molecule has 0 bridgehead atoms. The van der Waals surface area contributed by atoms with Gasteiger partial charge in [0.15, 0.2) is 0 Å². The van der Waals surface area contributed by atoms with E-state index in [0.717, 1.165) is 0 Å². The van der Waals surface area contributed by atoms with Gasteiger partial charge in [-0.15, -0.1) is 0 Å². The number of hydrogen-bond acceptors (Lipinski definition) is 0. The molecule has 0 fully saturated rings. The van der Waals surface area contributed by atoms with E-state index in [1.54, 1.807) is 0 Å². The van der Waals surface area contributed by atoms with Gasteiger partial charge in [0.2, 0.25) is 0 Å². The van der Waals surface area contributed by atoms with E-state index >= 15 is 0 Å². The Labute approximate surface area is 377 Å². The molecule has 4 heteroatoms. The van der Waals surface area contributed by atoms with E-state index in [4.69, 9.17) is 0 Å². The maximum atomic E-state index is 2.49. The Kier molecular flexibility index (Phi) is 8.33. The topological polar surface area (TPSA) is 19.7 Å². The summed E-state index contributed by atoms with van der Waals surface area (Å²) in [6.07, 6.45) is 0. The molecule has 4 heterocycles. The Morgan fingerprint density at radius 3 is 0.750 bits per heavy atom. The first-order valence-corrected chi connectivity index (χ1v) is 23.2. The second-order valence-corrected chi connectivity index (χ2v) is 23.0. The van der Waals surface area contributed by atoms with Crippen LogP contribution in [0.3, 0.4) is 0 Å². The quantitative estimate of drug-likeness (QED) is 0.165. The molecule has 0 amide bonds. The fraction of sp³-hybridized carbons (Fsp3) is 0.300. The highest BCUT2D eigenvalue weighted by atomic mass is 15.0. The molecule has 4 nitrogen and oxygen atoms in total. The first-order chi connectivity index (χ1) is 30.1. The summed E-state index contributed by atoms with van der Waals surface area (Å²) in [5, 5.41) is 10.3. The van der Waals surface area contributed by atoms with Crippen LogP contribution < -0.4 is 0 Å². The molecule has 64 heavy (non-hydrogen) atoms. The maximum Gasteiger partial charge on any atom is 0.0541 e. The Balaban J connectivity index is 1.11. The van der Waals surface area contributed by atoms with E-state index in [9.17, 15) is 0 Å². The maximum absolute atomic E-state index is 2.49. The molecule has 7 aromatic carbocycles. The van der Waals surface area contributed by atoms with E-state index in [2.05, 4.69) is 237 Å². The van der Waals surface area contributed by atoms with Gasteiger partial charge in [-0.2, -0.15) is 0 Å². The van der Waals surface area contributed by atoms with Crippen LogP contribution in [0.15, 0.2) is 121 Å². The Bertz CT molecular complexity index is 3380. The SMILES string of the molecule is Cn1c2ccc(-n3c4ccc(C(C)(C)C)cc4c4cc(C(C)(C)C)ccc43)cc2c2cc3c(cc21)c1cc(-n2c4ccc(C(C)(C)C)cc4c4cc(C(C)(C)C)ccc42)ccc1n3C. The van der Waals surface area contributed by atoms with E-state index in [1.165, 1.54) is 121 Å². The van der Waals surface area contributed by atoms with Gasteiger partial charge in [-0.1, -0.05) is 107 Å². The fourth-order valence-electron chi connectivity index (χ4n) is 10.6. The zero-order valence-electron chi connectivity index (χ0n) is 40.3. The number of fused-ring (bicyclic) bond motifs is 12. The van der Waals surface area contributed by atoms with Crippen LogP contribution in [0.2, 0.25) is 0 Å². The highest BCUT2D eigenvalue weighted by Crippen LogP contribution is 2.43. The van der Waals surface area contributed by atoms with E-state index in [-0.39, 0.29) is 21.7 Å². The van der Waals surface area contributed by atoms with Crippen molar-refractivity contribution >= 4 is 87.2 Å². The summed E-state index contributed by atoms with van der Waals surface area (Å²) in [5.41, 5.74) is 17.9. The zero-order chi connectivity index (χ0) is 45.2. The first-order valence-electron chi connectivity index (χ1n) is 23.2. The lowest BCUT2D eigenvalue weighted by molar-refractivity contribution is 0.590. The van der Waals surface area contributed by atoms with Crippen LogP contribution in [-0.4, -0.2) is 18.3 Å². The van der Waals surface area contributed by atoms with Crippen molar-refractivity contribution in [1.29, 1.82) is 0 Å². The van der Waals surface area contributed by atoms with Crippen LogP contribution in [0.1, 0.15) is 105 Å². The monoisotopic (exact) mass is 838 g/mol. The minimum Gasteiger partial charge on any atom is -0.344 e. The number of benzene rings is 7. The van der Waals surface area contributed by atoms with Crippen LogP contribution in [-0.2, 0) is 35.8 Å².